The summed E-state index contributed by atoms with van der Waals surface area (Å²) in [4.78, 5) is 4.73. The molecule has 1 unspecified atom stereocenters. The molecule has 18 heavy (non-hydrogen) atoms. The topological polar surface area (TPSA) is 29.9 Å². The van der Waals surface area contributed by atoms with Gasteiger partial charge in [-0.2, -0.15) is 0 Å². The van der Waals surface area contributed by atoms with Crippen molar-refractivity contribution in [2.75, 3.05) is 7.05 Å². The molecule has 0 amide bonds. The van der Waals surface area contributed by atoms with Crippen LogP contribution in [0.2, 0.25) is 0 Å². The van der Waals surface area contributed by atoms with E-state index in [-0.39, 0.29) is 0 Å². The van der Waals surface area contributed by atoms with Crippen LogP contribution in [0.25, 0.3) is 11.0 Å². The Balaban J connectivity index is 2.22. The van der Waals surface area contributed by atoms with Crippen LogP contribution < -0.4 is 5.32 Å². The maximum Gasteiger partial charge on any atom is 0.111 e. The first-order valence-corrected chi connectivity index (χ1v) is 6.69. The Kier molecular flexibility index (Phi) is 4.02. The number of rotatable bonds is 5. The summed E-state index contributed by atoms with van der Waals surface area (Å²) in [6.45, 7) is 4.53. The zero-order chi connectivity index (χ0) is 13.1. The standard InChI is InChI=1S/C15H23N3/c1-11(2)9-12(16-3)10-15-17-13-7-5-6-8-14(13)18(15)4/h5-8,11-12,16H,9-10H2,1-4H3. The number of aromatic nitrogens is 2. The molecule has 1 atom stereocenters. The molecule has 0 fully saturated rings. The highest BCUT2D eigenvalue weighted by Gasteiger charge is 2.14. The molecule has 1 N–H and O–H groups in total. The van der Waals surface area contributed by atoms with Gasteiger partial charge in [-0.05, 0) is 31.5 Å². The Labute approximate surface area is 109 Å². The molecule has 0 aliphatic rings. The van der Waals surface area contributed by atoms with Gasteiger partial charge in [-0.25, -0.2) is 4.98 Å². The lowest BCUT2D eigenvalue weighted by atomic mass is 10.0. The zero-order valence-electron chi connectivity index (χ0n) is 11.8. The molecule has 0 saturated heterocycles. The van der Waals surface area contributed by atoms with Crippen LogP contribution in [-0.4, -0.2) is 22.6 Å². The molecule has 2 rings (SSSR count). The van der Waals surface area contributed by atoms with Gasteiger partial charge in [0.15, 0.2) is 0 Å². The van der Waals surface area contributed by atoms with Gasteiger partial charge < -0.3 is 9.88 Å². The van der Waals surface area contributed by atoms with Gasteiger partial charge >= 0.3 is 0 Å². The van der Waals surface area contributed by atoms with Crippen molar-refractivity contribution in [3.05, 3.63) is 30.1 Å². The normalized spacial score (nSPS) is 13.4. The Morgan fingerprint density at radius 1 is 1.28 bits per heavy atom. The minimum Gasteiger partial charge on any atom is -0.331 e. The van der Waals surface area contributed by atoms with Crippen LogP contribution >= 0.6 is 0 Å². The summed E-state index contributed by atoms with van der Waals surface area (Å²) >= 11 is 0. The molecule has 3 nitrogen and oxygen atoms in total. The summed E-state index contributed by atoms with van der Waals surface area (Å²) in [5.41, 5.74) is 2.31. The van der Waals surface area contributed by atoms with E-state index >= 15 is 0 Å². The van der Waals surface area contributed by atoms with Crippen molar-refractivity contribution < 1.29 is 0 Å². The molecule has 0 aliphatic heterocycles. The number of aryl methyl sites for hydroxylation is 1. The average Bonchev–Trinajstić information content (AvgIpc) is 2.66. The molecule has 1 aromatic heterocycles. The van der Waals surface area contributed by atoms with Crippen LogP contribution in [0.1, 0.15) is 26.1 Å². The number of imidazole rings is 1. The van der Waals surface area contributed by atoms with Gasteiger partial charge in [0.05, 0.1) is 11.0 Å². The summed E-state index contributed by atoms with van der Waals surface area (Å²) in [5.74, 6) is 1.87. The molecule has 2 aromatic rings. The lowest BCUT2D eigenvalue weighted by molar-refractivity contribution is 0.432. The van der Waals surface area contributed by atoms with Crippen molar-refractivity contribution >= 4 is 11.0 Å². The van der Waals surface area contributed by atoms with E-state index < -0.39 is 0 Å². The third-order valence-corrected chi connectivity index (χ3v) is 3.47. The lowest BCUT2D eigenvalue weighted by Crippen LogP contribution is -2.30. The van der Waals surface area contributed by atoms with Crippen molar-refractivity contribution in [2.24, 2.45) is 13.0 Å². The predicted molar refractivity (Wildman–Crippen MR) is 76.7 cm³/mol. The number of nitrogens with zero attached hydrogens (tertiary/aromatic N) is 2. The number of nitrogens with one attached hydrogen (secondary N) is 1. The van der Waals surface area contributed by atoms with Crippen LogP contribution in [0.5, 0.6) is 0 Å². The van der Waals surface area contributed by atoms with Crippen molar-refractivity contribution in [1.29, 1.82) is 0 Å². The van der Waals surface area contributed by atoms with E-state index in [1.54, 1.807) is 0 Å². The van der Waals surface area contributed by atoms with Gasteiger partial charge in [0.1, 0.15) is 5.82 Å². The highest BCUT2D eigenvalue weighted by atomic mass is 15.1. The number of hydrogen-bond acceptors (Lipinski definition) is 2. The summed E-state index contributed by atoms with van der Waals surface area (Å²) in [6, 6.07) is 8.82. The Morgan fingerprint density at radius 3 is 2.61 bits per heavy atom. The highest BCUT2D eigenvalue weighted by Crippen LogP contribution is 2.17. The third kappa shape index (κ3) is 2.72. The summed E-state index contributed by atoms with van der Waals surface area (Å²) < 4.78 is 2.21. The van der Waals surface area contributed by atoms with Gasteiger partial charge in [-0.15, -0.1) is 0 Å². The van der Waals surface area contributed by atoms with Crippen LogP contribution in [-0.2, 0) is 13.5 Å². The summed E-state index contributed by atoms with van der Waals surface area (Å²) in [6.07, 6.45) is 2.17. The van der Waals surface area contributed by atoms with Crippen molar-refractivity contribution in [3.8, 4) is 0 Å². The van der Waals surface area contributed by atoms with Gasteiger partial charge in [0.25, 0.3) is 0 Å². The number of benzene rings is 1. The minimum atomic E-state index is 0.500. The van der Waals surface area contributed by atoms with E-state index in [1.165, 1.54) is 11.9 Å². The van der Waals surface area contributed by atoms with Crippen LogP contribution in [0.3, 0.4) is 0 Å². The number of hydrogen-bond donors (Lipinski definition) is 1. The smallest absolute Gasteiger partial charge is 0.111 e. The first-order valence-electron chi connectivity index (χ1n) is 6.69. The molecule has 98 valence electrons. The molecule has 0 spiro atoms. The molecule has 1 aromatic carbocycles. The van der Waals surface area contributed by atoms with Crippen LogP contribution in [0.4, 0.5) is 0 Å². The Morgan fingerprint density at radius 2 is 2.00 bits per heavy atom. The maximum atomic E-state index is 4.73. The van der Waals surface area contributed by atoms with Gasteiger partial charge in [-0.3, -0.25) is 0 Å². The molecule has 0 aliphatic carbocycles. The van der Waals surface area contributed by atoms with E-state index in [1.807, 2.05) is 13.1 Å². The fourth-order valence-corrected chi connectivity index (χ4v) is 2.47. The number of para-hydroxylation sites is 2. The average molecular weight is 245 g/mol. The van der Waals surface area contributed by atoms with Gasteiger partial charge in [-0.1, -0.05) is 26.0 Å². The van der Waals surface area contributed by atoms with Crippen molar-refractivity contribution in [1.82, 2.24) is 14.9 Å². The number of likely N-dealkylation sites (N-methyl/N-ethyl adjacent to an activating group) is 1. The molecule has 0 bridgehead atoms. The molecule has 1 heterocycles. The first kappa shape index (κ1) is 13.1. The van der Waals surface area contributed by atoms with E-state index in [0.717, 1.165) is 17.8 Å². The zero-order valence-corrected chi connectivity index (χ0v) is 11.8. The Bertz CT molecular complexity index is 513. The van der Waals surface area contributed by atoms with E-state index in [0.29, 0.717) is 12.0 Å². The first-order chi connectivity index (χ1) is 8.61. The quantitative estimate of drug-likeness (QED) is 0.878. The molecule has 0 saturated carbocycles. The van der Waals surface area contributed by atoms with Gasteiger partial charge in [0, 0.05) is 19.5 Å². The highest BCUT2D eigenvalue weighted by molar-refractivity contribution is 5.75. The SMILES string of the molecule is CNC(Cc1nc2ccccc2n1C)CC(C)C. The monoisotopic (exact) mass is 245 g/mol. The maximum absolute atomic E-state index is 4.73. The minimum absolute atomic E-state index is 0.500. The predicted octanol–water partition coefficient (Wildman–Crippen LogP) is 2.75. The Hall–Kier alpha value is -1.35. The largest absolute Gasteiger partial charge is 0.331 e. The van der Waals surface area contributed by atoms with Gasteiger partial charge in [0.2, 0.25) is 0 Å². The van der Waals surface area contributed by atoms with Crippen molar-refractivity contribution in [2.45, 2.75) is 32.7 Å². The van der Waals surface area contributed by atoms with Crippen LogP contribution in [0, 0.1) is 5.92 Å². The fourth-order valence-electron chi connectivity index (χ4n) is 2.47. The third-order valence-electron chi connectivity index (χ3n) is 3.47. The summed E-state index contributed by atoms with van der Waals surface area (Å²) in [7, 11) is 4.14. The molecule has 0 radical (unpaired) electrons. The number of fused-ring (bicyclic) bond motifs is 1. The molecular formula is C15H23N3. The fraction of sp³-hybridized carbons (Fsp3) is 0.533. The van der Waals surface area contributed by atoms with Crippen molar-refractivity contribution in [3.63, 3.8) is 0 Å². The lowest BCUT2D eigenvalue weighted by Gasteiger charge is -2.17. The van der Waals surface area contributed by atoms with E-state index in [4.69, 9.17) is 4.98 Å². The molecule has 3 heteroatoms. The van der Waals surface area contributed by atoms with E-state index in [9.17, 15) is 0 Å². The second kappa shape index (κ2) is 5.53. The second-order valence-electron chi connectivity index (χ2n) is 5.40. The van der Waals surface area contributed by atoms with E-state index in [2.05, 4.69) is 49.0 Å². The second-order valence-corrected chi connectivity index (χ2v) is 5.40. The molecular weight excluding hydrogens is 222 g/mol. The summed E-state index contributed by atoms with van der Waals surface area (Å²) in [5, 5.41) is 3.40. The van der Waals surface area contributed by atoms with Crippen LogP contribution in [0.15, 0.2) is 24.3 Å².